The average molecular weight is 303 g/mol. The lowest BCUT2D eigenvalue weighted by molar-refractivity contribution is -0.117. The van der Waals surface area contributed by atoms with Crippen molar-refractivity contribution in [2.75, 3.05) is 11.9 Å². The van der Waals surface area contributed by atoms with Crippen molar-refractivity contribution >= 4 is 22.9 Å². The summed E-state index contributed by atoms with van der Waals surface area (Å²) in [5.41, 5.74) is 3.44. The molecule has 2 N–H and O–H groups in total. The third-order valence-corrected chi connectivity index (χ3v) is 3.98. The molecule has 1 saturated heterocycles. The van der Waals surface area contributed by atoms with E-state index in [2.05, 4.69) is 15.6 Å². The monoisotopic (exact) mass is 303 g/mol. The van der Waals surface area contributed by atoms with Crippen molar-refractivity contribution in [3.05, 3.63) is 40.8 Å². The summed E-state index contributed by atoms with van der Waals surface area (Å²) in [5, 5.41) is 8.06. The molecule has 1 aromatic carbocycles. The fraction of sp³-hybridized carbons (Fsp3) is 0.333. The Hall–Kier alpha value is -1.92. The minimum atomic E-state index is -0.0791. The topological polar surface area (TPSA) is 63.2 Å². The first-order chi connectivity index (χ1) is 10.3. The van der Waals surface area contributed by atoms with Gasteiger partial charge in [-0.2, -0.15) is 0 Å². The van der Waals surface area contributed by atoms with Crippen LogP contribution in [0.15, 0.2) is 35.2 Å². The lowest BCUT2D eigenvalue weighted by Gasteiger charge is -2.12. The van der Waals surface area contributed by atoms with Crippen LogP contribution in [0, 0.1) is 0 Å². The highest BCUT2D eigenvalue weighted by Crippen LogP contribution is 2.19. The second-order valence-corrected chi connectivity index (χ2v) is 5.65. The predicted octanol–water partition coefficient (Wildman–Crippen LogP) is 2.41. The second kappa shape index (κ2) is 6.69. The lowest BCUT2D eigenvalue weighted by Crippen LogP contribution is -2.35. The minimum Gasteiger partial charge on any atom is -0.487 e. The summed E-state index contributed by atoms with van der Waals surface area (Å²) in [6.45, 7) is 1.35. The van der Waals surface area contributed by atoms with Crippen LogP contribution in [-0.2, 0) is 11.4 Å². The number of amides is 1. The highest BCUT2D eigenvalue weighted by molar-refractivity contribution is 7.07. The molecule has 1 aliphatic heterocycles. The van der Waals surface area contributed by atoms with Crippen LogP contribution in [0.25, 0.3) is 0 Å². The summed E-state index contributed by atoms with van der Waals surface area (Å²) in [6.07, 6.45) is 1.95. The molecule has 1 amide bonds. The van der Waals surface area contributed by atoms with E-state index in [1.54, 1.807) is 16.8 Å². The molecule has 1 aromatic heterocycles. The van der Waals surface area contributed by atoms with Crippen LogP contribution in [0.5, 0.6) is 5.75 Å². The molecule has 0 spiro atoms. The molecule has 2 heterocycles. The van der Waals surface area contributed by atoms with Crippen LogP contribution < -0.4 is 15.4 Å². The zero-order valence-electron chi connectivity index (χ0n) is 11.5. The van der Waals surface area contributed by atoms with E-state index in [-0.39, 0.29) is 11.9 Å². The molecule has 1 unspecified atom stereocenters. The highest BCUT2D eigenvalue weighted by atomic mass is 32.1. The summed E-state index contributed by atoms with van der Waals surface area (Å²) in [6, 6.07) is 7.36. The number of nitrogens with one attached hydrogen (secondary N) is 2. The van der Waals surface area contributed by atoms with E-state index in [9.17, 15) is 4.79 Å². The largest absolute Gasteiger partial charge is 0.487 e. The summed E-state index contributed by atoms with van der Waals surface area (Å²) >= 11 is 1.55. The Kier molecular flexibility index (Phi) is 4.47. The lowest BCUT2D eigenvalue weighted by atomic mass is 10.2. The molecule has 3 rings (SSSR count). The maximum absolute atomic E-state index is 12.0. The number of aromatic nitrogens is 1. The Morgan fingerprint density at radius 3 is 3.24 bits per heavy atom. The molecule has 2 aromatic rings. The first-order valence-corrected chi connectivity index (χ1v) is 7.90. The highest BCUT2D eigenvalue weighted by Gasteiger charge is 2.21. The Morgan fingerprint density at radius 1 is 1.52 bits per heavy atom. The van der Waals surface area contributed by atoms with Crippen molar-refractivity contribution < 1.29 is 9.53 Å². The average Bonchev–Trinajstić information content (AvgIpc) is 3.19. The quantitative estimate of drug-likeness (QED) is 0.890. The van der Waals surface area contributed by atoms with Gasteiger partial charge in [0.1, 0.15) is 12.4 Å². The first kappa shape index (κ1) is 14.0. The Labute approximate surface area is 127 Å². The number of carbonyl (C=O) groups excluding carboxylic acids is 1. The van der Waals surface area contributed by atoms with E-state index < -0.39 is 0 Å². The van der Waals surface area contributed by atoms with E-state index in [1.807, 2.05) is 29.6 Å². The van der Waals surface area contributed by atoms with Crippen LogP contribution in [0.3, 0.4) is 0 Å². The van der Waals surface area contributed by atoms with Gasteiger partial charge in [0.05, 0.1) is 17.2 Å². The maximum atomic E-state index is 12.0. The summed E-state index contributed by atoms with van der Waals surface area (Å²) in [4.78, 5) is 16.2. The summed E-state index contributed by atoms with van der Waals surface area (Å²) in [7, 11) is 0. The van der Waals surface area contributed by atoms with Crippen molar-refractivity contribution in [1.29, 1.82) is 0 Å². The summed E-state index contributed by atoms with van der Waals surface area (Å²) < 4.78 is 5.68. The second-order valence-electron chi connectivity index (χ2n) is 4.93. The molecule has 0 saturated carbocycles. The van der Waals surface area contributed by atoms with E-state index in [4.69, 9.17) is 4.74 Å². The van der Waals surface area contributed by atoms with Gasteiger partial charge in [0, 0.05) is 17.1 Å². The van der Waals surface area contributed by atoms with Crippen LogP contribution >= 0.6 is 11.3 Å². The van der Waals surface area contributed by atoms with Crippen LogP contribution in [0.2, 0.25) is 0 Å². The zero-order valence-corrected chi connectivity index (χ0v) is 12.4. The molecule has 110 valence electrons. The number of ether oxygens (including phenoxy) is 1. The number of rotatable bonds is 5. The Bertz CT molecular complexity index is 595. The van der Waals surface area contributed by atoms with Crippen molar-refractivity contribution in [1.82, 2.24) is 10.3 Å². The van der Waals surface area contributed by atoms with E-state index in [1.165, 1.54) is 0 Å². The number of anilines is 1. The van der Waals surface area contributed by atoms with Gasteiger partial charge in [-0.15, -0.1) is 11.3 Å². The third-order valence-electron chi connectivity index (χ3n) is 3.35. The maximum Gasteiger partial charge on any atom is 0.241 e. The number of nitrogens with zero attached hydrogens (tertiary/aromatic N) is 1. The zero-order chi connectivity index (χ0) is 14.5. The normalized spacial score (nSPS) is 17.6. The number of carbonyl (C=O) groups is 1. The first-order valence-electron chi connectivity index (χ1n) is 6.95. The molecule has 21 heavy (non-hydrogen) atoms. The standard InChI is InChI=1S/C15H17N3O2S/c19-15(14-5-2-6-16-14)18-11-3-1-4-13(7-11)20-8-12-9-21-10-17-12/h1,3-4,7,9-10,14,16H,2,5-6,8H2,(H,18,19). The Balaban J connectivity index is 1.58. The minimum absolute atomic E-state index is 0.0177. The van der Waals surface area contributed by atoms with E-state index >= 15 is 0 Å². The number of benzene rings is 1. The fourth-order valence-corrected chi connectivity index (χ4v) is 2.81. The molecule has 1 atom stereocenters. The van der Waals surface area contributed by atoms with Gasteiger partial charge in [0.25, 0.3) is 0 Å². The van der Waals surface area contributed by atoms with Gasteiger partial charge >= 0.3 is 0 Å². The summed E-state index contributed by atoms with van der Waals surface area (Å²) in [5.74, 6) is 0.740. The van der Waals surface area contributed by atoms with Crippen LogP contribution in [0.1, 0.15) is 18.5 Å². The van der Waals surface area contributed by atoms with Gasteiger partial charge in [0.15, 0.2) is 0 Å². The van der Waals surface area contributed by atoms with E-state index in [0.29, 0.717) is 6.61 Å². The number of hydrogen-bond donors (Lipinski definition) is 2. The van der Waals surface area contributed by atoms with Gasteiger partial charge in [-0.05, 0) is 31.5 Å². The fourth-order valence-electron chi connectivity index (χ4n) is 2.27. The number of hydrogen-bond acceptors (Lipinski definition) is 5. The SMILES string of the molecule is O=C(Nc1cccc(OCc2cscn2)c1)C1CCCN1. The molecular formula is C15H17N3O2S. The Morgan fingerprint density at radius 2 is 2.48 bits per heavy atom. The van der Waals surface area contributed by atoms with Crippen LogP contribution in [-0.4, -0.2) is 23.5 Å². The molecular weight excluding hydrogens is 286 g/mol. The molecule has 0 aliphatic carbocycles. The van der Waals surface area contributed by atoms with Crippen molar-refractivity contribution in [2.45, 2.75) is 25.5 Å². The molecule has 6 heteroatoms. The molecule has 1 fully saturated rings. The van der Waals surface area contributed by atoms with Gasteiger partial charge in [-0.3, -0.25) is 4.79 Å². The predicted molar refractivity (Wildman–Crippen MR) is 82.5 cm³/mol. The van der Waals surface area contributed by atoms with Gasteiger partial charge in [-0.25, -0.2) is 4.98 Å². The molecule has 0 bridgehead atoms. The van der Waals surface area contributed by atoms with Crippen LogP contribution in [0.4, 0.5) is 5.69 Å². The van der Waals surface area contributed by atoms with Crippen molar-refractivity contribution in [3.63, 3.8) is 0 Å². The van der Waals surface area contributed by atoms with Crippen molar-refractivity contribution in [2.24, 2.45) is 0 Å². The molecule has 1 aliphatic rings. The van der Waals surface area contributed by atoms with Gasteiger partial charge < -0.3 is 15.4 Å². The van der Waals surface area contributed by atoms with Crippen molar-refractivity contribution in [3.8, 4) is 5.75 Å². The number of thiazole rings is 1. The van der Waals surface area contributed by atoms with Gasteiger partial charge in [0.2, 0.25) is 5.91 Å². The smallest absolute Gasteiger partial charge is 0.241 e. The van der Waals surface area contributed by atoms with Gasteiger partial charge in [-0.1, -0.05) is 6.07 Å². The molecule has 0 radical (unpaired) electrons. The third kappa shape index (κ3) is 3.80. The van der Waals surface area contributed by atoms with E-state index in [0.717, 1.165) is 36.5 Å². The molecule has 5 nitrogen and oxygen atoms in total.